The third-order valence-corrected chi connectivity index (χ3v) is 6.49. The predicted octanol–water partition coefficient (Wildman–Crippen LogP) is 5.13. The summed E-state index contributed by atoms with van der Waals surface area (Å²) in [6.45, 7) is 0. The van der Waals surface area contributed by atoms with Crippen molar-refractivity contribution in [3.8, 4) is 11.1 Å². The average molecular weight is 494 g/mol. The number of H-pyrrole nitrogens is 1. The minimum absolute atomic E-state index is 0.0626. The predicted molar refractivity (Wildman–Crippen MR) is 129 cm³/mol. The van der Waals surface area contributed by atoms with Gasteiger partial charge in [0.15, 0.2) is 11.6 Å². The van der Waals surface area contributed by atoms with Crippen LogP contribution in [0.3, 0.4) is 0 Å². The zero-order chi connectivity index (χ0) is 24.3. The molecule has 2 N–H and O–H groups in total. The summed E-state index contributed by atoms with van der Waals surface area (Å²) in [6, 6.07) is 8.86. The first kappa shape index (κ1) is 21.5. The highest BCUT2D eigenvalue weighted by molar-refractivity contribution is 6.36. The molecular formula is C24H18ClF2N7O. The van der Waals surface area contributed by atoms with Crippen LogP contribution in [0.4, 0.5) is 26.1 Å². The van der Waals surface area contributed by atoms with Crippen molar-refractivity contribution in [3.05, 3.63) is 66.0 Å². The van der Waals surface area contributed by atoms with Crippen LogP contribution in [0, 0.1) is 11.7 Å². The van der Waals surface area contributed by atoms with E-state index >= 15 is 4.39 Å². The Hall–Kier alpha value is -4.05. The number of fused-ring (bicyclic) bond motifs is 2. The molecule has 4 aromatic heterocycles. The lowest BCUT2D eigenvalue weighted by Gasteiger charge is -2.21. The van der Waals surface area contributed by atoms with E-state index in [1.807, 2.05) is 6.07 Å². The van der Waals surface area contributed by atoms with E-state index in [4.69, 9.17) is 11.6 Å². The topological polar surface area (TPSA) is 91.2 Å². The number of hydrogen-bond donors (Lipinski definition) is 2. The molecule has 0 radical (unpaired) electrons. The maximum atomic E-state index is 15.7. The first-order valence-corrected chi connectivity index (χ1v) is 11.2. The summed E-state index contributed by atoms with van der Waals surface area (Å²) in [6.07, 6.45) is 5.72. The van der Waals surface area contributed by atoms with Crippen LogP contribution in [0.5, 0.6) is 0 Å². The number of hydrogen-bond acceptors (Lipinski definition) is 5. The number of anilines is 3. The highest BCUT2D eigenvalue weighted by Crippen LogP contribution is 2.43. The minimum atomic E-state index is -1.09. The van der Waals surface area contributed by atoms with E-state index in [-0.39, 0.29) is 23.0 Å². The van der Waals surface area contributed by atoms with Crippen LogP contribution in [0.15, 0.2) is 55.1 Å². The summed E-state index contributed by atoms with van der Waals surface area (Å²) in [4.78, 5) is 22.3. The summed E-state index contributed by atoms with van der Waals surface area (Å²) in [5, 5.41) is 10.2. The molecule has 2 atom stereocenters. The van der Waals surface area contributed by atoms with Gasteiger partial charge >= 0.3 is 0 Å². The average Bonchev–Trinajstić information content (AvgIpc) is 3.22. The Labute approximate surface area is 202 Å². The molecule has 5 aromatic rings. The highest BCUT2D eigenvalue weighted by Gasteiger charge is 2.43. The lowest BCUT2D eigenvalue weighted by molar-refractivity contribution is -0.117. The van der Waals surface area contributed by atoms with Gasteiger partial charge in [-0.05, 0) is 30.7 Å². The molecule has 176 valence electrons. The number of aromatic nitrogens is 5. The number of amides is 1. The SMILES string of the molecule is CN(c1ccccn1)c1c(F)c(Cl)c(-c2ccc3nc(NC(=O)[C@@H]4C[C@@H]4F)cn3c2)c2cn[nH]c12. The Morgan fingerprint density at radius 1 is 1.29 bits per heavy atom. The van der Waals surface area contributed by atoms with Crippen LogP contribution in [-0.2, 0) is 4.79 Å². The molecule has 35 heavy (non-hydrogen) atoms. The van der Waals surface area contributed by atoms with Gasteiger partial charge in [0.1, 0.15) is 23.3 Å². The highest BCUT2D eigenvalue weighted by atomic mass is 35.5. The van der Waals surface area contributed by atoms with Crippen molar-refractivity contribution in [2.24, 2.45) is 5.92 Å². The number of alkyl halides is 1. The molecular weight excluding hydrogens is 476 g/mol. The molecule has 11 heteroatoms. The molecule has 1 aliphatic carbocycles. The molecule has 8 nitrogen and oxygen atoms in total. The Kier molecular flexibility index (Phi) is 4.92. The second-order valence-electron chi connectivity index (χ2n) is 8.41. The van der Waals surface area contributed by atoms with Crippen molar-refractivity contribution in [3.63, 3.8) is 0 Å². The second kappa shape index (κ2) is 8.02. The summed E-state index contributed by atoms with van der Waals surface area (Å²) in [5.74, 6) is -0.765. The normalized spacial score (nSPS) is 17.1. The van der Waals surface area contributed by atoms with Gasteiger partial charge < -0.3 is 14.6 Å². The van der Waals surface area contributed by atoms with Gasteiger partial charge in [0, 0.05) is 36.0 Å². The molecule has 1 fully saturated rings. The van der Waals surface area contributed by atoms with Crippen molar-refractivity contribution in [2.45, 2.75) is 12.6 Å². The molecule has 1 aliphatic rings. The molecule has 0 spiro atoms. The van der Waals surface area contributed by atoms with Gasteiger partial charge in [-0.3, -0.25) is 9.89 Å². The lowest BCUT2D eigenvalue weighted by atomic mass is 10.0. The molecule has 1 saturated carbocycles. The fraction of sp³-hybridized carbons (Fsp3) is 0.167. The van der Waals surface area contributed by atoms with Crippen LogP contribution < -0.4 is 10.2 Å². The zero-order valence-electron chi connectivity index (χ0n) is 18.3. The minimum Gasteiger partial charge on any atom is -0.325 e. The Bertz CT molecular complexity index is 1600. The van der Waals surface area contributed by atoms with Crippen LogP contribution in [0.25, 0.3) is 27.7 Å². The lowest BCUT2D eigenvalue weighted by Crippen LogP contribution is -2.15. The number of nitrogens with one attached hydrogen (secondary N) is 2. The number of aromatic amines is 1. The summed E-state index contributed by atoms with van der Waals surface area (Å²) in [7, 11) is 1.71. The zero-order valence-corrected chi connectivity index (χ0v) is 19.1. The fourth-order valence-corrected chi connectivity index (χ4v) is 4.52. The molecule has 0 bridgehead atoms. The Balaban J connectivity index is 1.43. The number of halogens is 3. The number of rotatable bonds is 5. The molecule has 0 aliphatic heterocycles. The molecule has 0 saturated heterocycles. The number of benzene rings is 1. The van der Waals surface area contributed by atoms with Gasteiger partial charge in [0.05, 0.1) is 28.9 Å². The van der Waals surface area contributed by atoms with Gasteiger partial charge in [-0.15, -0.1) is 0 Å². The van der Waals surface area contributed by atoms with E-state index in [1.165, 1.54) is 0 Å². The smallest absolute Gasteiger partial charge is 0.231 e. The number of pyridine rings is 2. The van der Waals surface area contributed by atoms with Crippen LogP contribution in [-0.4, -0.2) is 43.7 Å². The van der Waals surface area contributed by atoms with Gasteiger partial charge in [-0.25, -0.2) is 18.7 Å². The van der Waals surface area contributed by atoms with E-state index in [9.17, 15) is 9.18 Å². The largest absolute Gasteiger partial charge is 0.325 e. The van der Waals surface area contributed by atoms with Crippen LogP contribution in [0.2, 0.25) is 5.02 Å². The van der Waals surface area contributed by atoms with E-state index in [1.54, 1.807) is 65.4 Å². The van der Waals surface area contributed by atoms with Crippen LogP contribution >= 0.6 is 11.6 Å². The van der Waals surface area contributed by atoms with Gasteiger partial charge in [-0.1, -0.05) is 17.7 Å². The van der Waals surface area contributed by atoms with Crippen LogP contribution in [0.1, 0.15) is 6.42 Å². The van der Waals surface area contributed by atoms with E-state index in [2.05, 4.69) is 25.5 Å². The number of carbonyl (C=O) groups excluding carboxylic acids is 1. The van der Waals surface area contributed by atoms with Gasteiger partial charge in [0.25, 0.3) is 0 Å². The quantitative estimate of drug-likeness (QED) is 0.354. The van der Waals surface area contributed by atoms with Crippen molar-refractivity contribution in [1.82, 2.24) is 24.6 Å². The maximum Gasteiger partial charge on any atom is 0.231 e. The third-order valence-electron chi connectivity index (χ3n) is 6.13. The number of nitrogens with zero attached hydrogens (tertiary/aromatic N) is 5. The standard InChI is InChI=1S/C24H18ClF2N7O/c1-33(17-4-2-3-7-28-17)23-21(27)20(25)19(14-9-29-32-22(14)23)12-5-6-18-30-16(11-34(18)10-12)31-24(35)13-8-15(13)26/h2-7,9-11,13,15H,8H2,1H3,(H,29,32)(H,31,35)/t13-,15+/m1/s1. The van der Waals surface area contributed by atoms with Crippen molar-refractivity contribution >= 4 is 51.4 Å². The van der Waals surface area contributed by atoms with E-state index in [0.717, 1.165) is 0 Å². The van der Waals surface area contributed by atoms with Gasteiger partial charge in [-0.2, -0.15) is 5.10 Å². The monoisotopic (exact) mass is 493 g/mol. The Morgan fingerprint density at radius 2 is 2.11 bits per heavy atom. The van der Waals surface area contributed by atoms with Crippen molar-refractivity contribution in [2.75, 3.05) is 17.3 Å². The molecule has 6 rings (SSSR count). The first-order chi connectivity index (χ1) is 16.9. The molecule has 1 aromatic carbocycles. The molecule has 1 amide bonds. The molecule has 4 heterocycles. The molecule has 0 unspecified atom stereocenters. The Morgan fingerprint density at radius 3 is 2.86 bits per heavy atom. The third kappa shape index (κ3) is 3.57. The van der Waals surface area contributed by atoms with Crippen molar-refractivity contribution in [1.29, 1.82) is 0 Å². The van der Waals surface area contributed by atoms with Crippen molar-refractivity contribution < 1.29 is 13.6 Å². The number of carbonyl (C=O) groups is 1. The van der Waals surface area contributed by atoms with E-state index < -0.39 is 17.9 Å². The first-order valence-electron chi connectivity index (χ1n) is 10.8. The summed E-state index contributed by atoms with van der Waals surface area (Å²) >= 11 is 6.60. The maximum absolute atomic E-state index is 15.7. The second-order valence-corrected chi connectivity index (χ2v) is 8.79. The summed E-state index contributed by atoms with van der Waals surface area (Å²) in [5.41, 5.74) is 2.35. The number of imidazole rings is 1. The summed E-state index contributed by atoms with van der Waals surface area (Å²) < 4.78 is 30.6. The van der Waals surface area contributed by atoms with Gasteiger partial charge in [0.2, 0.25) is 5.91 Å². The van der Waals surface area contributed by atoms with E-state index in [0.29, 0.717) is 39.3 Å². The fourth-order valence-electron chi connectivity index (χ4n) is 4.22.